The Morgan fingerprint density at radius 3 is 2.29 bits per heavy atom. The van der Waals surface area contributed by atoms with Gasteiger partial charge in [-0.05, 0) is 72.0 Å². The zero-order valence-corrected chi connectivity index (χ0v) is 23.7. The zero-order valence-electron chi connectivity index (χ0n) is 22.9. The average Bonchev–Trinajstić information content (AvgIpc) is 3.27. The summed E-state index contributed by atoms with van der Waals surface area (Å²) in [5, 5.41) is 8.15. The molecular weight excluding hydrogens is 571 g/mol. The summed E-state index contributed by atoms with van der Waals surface area (Å²) >= 11 is 1.20. The van der Waals surface area contributed by atoms with Crippen molar-refractivity contribution in [1.29, 1.82) is 0 Å². The number of hydrogen-bond donors (Lipinski definition) is 3. The van der Waals surface area contributed by atoms with Crippen LogP contribution in [0.15, 0.2) is 71.7 Å². The maximum atomic E-state index is 12.7. The Hall–Kier alpha value is -4.52. The topological polar surface area (TPSA) is 112 Å². The molecule has 42 heavy (non-hydrogen) atoms. The predicted molar refractivity (Wildman–Crippen MR) is 157 cm³/mol. The first-order valence-corrected chi connectivity index (χ1v) is 13.8. The molecule has 0 atom stereocenters. The Labute approximate surface area is 244 Å². The summed E-state index contributed by atoms with van der Waals surface area (Å²) in [6.07, 6.45) is -4.80. The monoisotopic (exact) mass is 599 g/mol. The lowest BCUT2D eigenvalue weighted by Crippen LogP contribution is -2.31. The molecule has 0 aliphatic carbocycles. The van der Waals surface area contributed by atoms with Gasteiger partial charge < -0.3 is 20.7 Å². The lowest BCUT2D eigenvalue weighted by atomic mass is 9.99. The van der Waals surface area contributed by atoms with Gasteiger partial charge >= 0.3 is 18.4 Å². The number of benzene rings is 3. The molecule has 9 nitrogen and oxygen atoms in total. The second-order valence-electron chi connectivity index (χ2n) is 9.64. The standard InChI is InChI=1S/C29H28F3N5O4S/c1-17(2)23-13-4-18(3)14-24(23)37-25(38)16-42-28(37)36-27(40)35-20-7-5-19(6-8-20)15-33-26(39)34-21-9-11-22(12-10-21)41-29(30,31)32/h4-14,17H,15-16H2,1-3H3,(H,35,40)(H2,33,34,39)/b36-28-. The van der Waals surface area contributed by atoms with E-state index in [1.165, 1.54) is 28.8 Å². The highest BCUT2D eigenvalue weighted by atomic mass is 32.2. The molecule has 0 bridgehead atoms. The molecule has 1 aliphatic rings. The van der Waals surface area contributed by atoms with Crippen LogP contribution in [0, 0.1) is 6.92 Å². The zero-order chi connectivity index (χ0) is 30.4. The number of nitrogens with zero attached hydrogens (tertiary/aromatic N) is 2. The molecule has 1 fully saturated rings. The van der Waals surface area contributed by atoms with Crippen LogP contribution in [-0.4, -0.2) is 35.3 Å². The van der Waals surface area contributed by atoms with Gasteiger partial charge in [-0.3, -0.25) is 9.69 Å². The molecule has 0 aromatic heterocycles. The number of amides is 5. The van der Waals surface area contributed by atoms with Gasteiger partial charge in [0.1, 0.15) is 5.75 Å². The van der Waals surface area contributed by atoms with Crippen molar-refractivity contribution in [2.45, 2.75) is 39.6 Å². The van der Waals surface area contributed by atoms with Gasteiger partial charge in [-0.15, -0.1) is 13.2 Å². The van der Waals surface area contributed by atoms with E-state index in [0.717, 1.165) is 34.5 Å². The number of urea groups is 2. The predicted octanol–water partition coefficient (Wildman–Crippen LogP) is 7.01. The molecule has 13 heteroatoms. The number of aryl methyl sites for hydroxylation is 1. The van der Waals surface area contributed by atoms with Crippen LogP contribution in [0.3, 0.4) is 0 Å². The number of rotatable bonds is 7. The van der Waals surface area contributed by atoms with E-state index in [0.29, 0.717) is 10.9 Å². The highest BCUT2D eigenvalue weighted by molar-refractivity contribution is 8.15. The van der Waals surface area contributed by atoms with E-state index in [1.807, 2.05) is 39.0 Å². The van der Waals surface area contributed by atoms with Crippen molar-refractivity contribution in [3.63, 3.8) is 0 Å². The maximum absolute atomic E-state index is 12.7. The fraction of sp³-hybridized carbons (Fsp3) is 0.241. The van der Waals surface area contributed by atoms with Crippen molar-refractivity contribution in [3.05, 3.63) is 83.4 Å². The summed E-state index contributed by atoms with van der Waals surface area (Å²) in [4.78, 5) is 43.3. The van der Waals surface area contributed by atoms with Gasteiger partial charge in [0.15, 0.2) is 5.17 Å². The highest BCUT2D eigenvalue weighted by Crippen LogP contribution is 2.34. The molecule has 5 amide bonds. The Bertz CT molecular complexity index is 1490. The van der Waals surface area contributed by atoms with Crippen LogP contribution in [0.4, 0.5) is 39.8 Å². The fourth-order valence-electron chi connectivity index (χ4n) is 4.06. The second kappa shape index (κ2) is 13.0. The lowest BCUT2D eigenvalue weighted by molar-refractivity contribution is -0.274. The number of carbonyl (C=O) groups is 3. The molecule has 3 aromatic carbocycles. The van der Waals surface area contributed by atoms with Crippen LogP contribution >= 0.6 is 11.8 Å². The van der Waals surface area contributed by atoms with Gasteiger partial charge in [0.2, 0.25) is 5.91 Å². The number of halogens is 3. The normalized spacial score (nSPS) is 14.3. The van der Waals surface area contributed by atoms with E-state index >= 15 is 0 Å². The first-order valence-electron chi connectivity index (χ1n) is 12.8. The van der Waals surface area contributed by atoms with E-state index in [9.17, 15) is 27.6 Å². The number of carbonyl (C=O) groups excluding carboxylic acids is 3. The second-order valence-corrected chi connectivity index (χ2v) is 10.6. The smallest absolute Gasteiger partial charge is 0.406 e. The number of amidine groups is 1. The van der Waals surface area contributed by atoms with E-state index < -0.39 is 24.2 Å². The Balaban J connectivity index is 1.32. The van der Waals surface area contributed by atoms with Gasteiger partial charge in [0.05, 0.1) is 11.4 Å². The third kappa shape index (κ3) is 8.26. The number of alkyl halides is 3. The van der Waals surface area contributed by atoms with Crippen molar-refractivity contribution < 1.29 is 32.3 Å². The van der Waals surface area contributed by atoms with Crippen molar-refractivity contribution in [2.24, 2.45) is 4.99 Å². The van der Waals surface area contributed by atoms with Crippen LogP contribution in [0.5, 0.6) is 5.75 Å². The van der Waals surface area contributed by atoms with E-state index in [-0.39, 0.29) is 29.8 Å². The summed E-state index contributed by atoms with van der Waals surface area (Å²) in [6, 6.07) is 16.1. The largest absolute Gasteiger partial charge is 0.573 e. The molecular formula is C29H28F3N5O4S. The van der Waals surface area contributed by atoms with Gasteiger partial charge in [0.25, 0.3) is 0 Å². The minimum absolute atomic E-state index is 0.146. The van der Waals surface area contributed by atoms with Gasteiger partial charge in [0, 0.05) is 17.9 Å². The number of ether oxygens (including phenoxy) is 1. The van der Waals surface area contributed by atoms with Crippen LogP contribution in [0.1, 0.15) is 36.5 Å². The van der Waals surface area contributed by atoms with Crippen LogP contribution in [-0.2, 0) is 11.3 Å². The third-order valence-electron chi connectivity index (χ3n) is 6.02. The van der Waals surface area contributed by atoms with Gasteiger partial charge in [-0.25, -0.2) is 9.59 Å². The lowest BCUT2D eigenvalue weighted by Gasteiger charge is -2.22. The molecule has 1 saturated heterocycles. The van der Waals surface area contributed by atoms with E-state index in [1.54, 1.807) is 24.3 Å². The molecule has 220 valence electrons. The molecule has 0 radical (unpaired) electrons. The van der Waals surface area contributed by atoms with Crippen LogP contribution in [0.25, 0.3) is 0 Å². The van der Waals surface area contributed by atoms with E-state index in [2.05, 4.69) is 25.7 Å². The van der Waals surface area contributed by atoms with Crippen molar-refractivity contribution in [1.82, 2.24) is 5.32 Å². The Morgan fingerprint density at radius 1 is 1.00 bits per heavy atom. The molecule has 0 unspecified atom stereocenters. The molecule has 4 rings (SSSR count). The summed E-state index contributed by atoms with van der Waals surface area (Å²) in [6.45, 7) is 6.17. The fourth-order valence-corrected chi connectivity index (χ4v) is 4.92. The summed E-state index contributed by atoms with van der Waals surface area (Å²) in [7, 11) is 0. The molecule has 3 N–H and O–H groups in total. The number of hydrogen-bond acceptors (Lipinski definition) is 5. The van der Waals surface area contributed by atoms with Crippen molar-refractivity contribution >= 4 is 52.0 Å². The number of nitrogens with one attached hydrogen (secondary N) is 3. The molecule has 0 spiro atoms. The van der Waals surface area contributed by atoms with E-state index in [4.69, 9.17) is 0 Å². The summed E-state index contributed by atoms with van der Waals surface area (Å²) in [5.41, 5.74) is 4.18. The van der Waals surface area contributed by atoms with Crippen LogP contribution in [0.2, 0.25) is 0 Å². The maximum Gasteiger partial charge on any atom is 0.573 e. The third-order valence-corrected chi connectivity index (χ3v) is 6.94. The van der Waals surface area contributed by atoms with Crippen molar-refractivity contribution in [3.8, 4) is 5.75 Å². The summed E-state index contributed by atoms with van der Waals surface area (Å²) in [5.74, 6) is -0.190. The van der Waals surface area contributed by atoms with Gasteiger partial charge in [-0.1, -0.05) is 49.9 Å². The Kier molecular flexibility index (Phi) is 9.41. The molecule has 3 aromatic rings. The minimum Gasteiger partial charge on any atom is -0.406 e. The quantitative estimate of drug-likeness (QED) is 0.271. The first-order chi connectivity index (χ1) is 19.9. The highest BCUT2D eigenvalue weighted by Gasteiger charge is 2.33. The average molecular weight is 600 g/mol. The molecule has 0 saturated carbocycles. The summed E-state index contributed by atoms with van der Waals surface area (Å²) < 4.78 is 40.6. The van der Waals surface area contributed by atoms with Crippen LogP contribution < -0.4 is 25.6 Å². The van der Waals surface area contributed by atoms with Crippen molar-refractivity contribution in [2.75, 3.05) is 21.3 Å². The minimum atomic E-state index is -4.80. The number of anilines is 3. The number of thioether (sulfide) groups is 1. The first kappa shape index (κ1) is 30.4. The Morgan fingerprint density at radius 2 is 1.64 bits per heavy atom. The van der Waals surface area contributed by atoms with Gasteiger partial charge in [-0.2, -0.15) is 4.99 Å². The SMILES string of the molecule is Cc1ccc(C(C)C)c(N2C(=O)CS/C2=N\C(=O)Nc2ccc(CNC(=O)Nc3ccc(OC(F)(F)F)cc3)cc2)c1. The number of aliphatic imine (C=N–C) groups is 1. The molecule has 1 aliphatic heterocycles. The molecule has 1 heterocycles.